The standard InChI is InChI=1S/C84H154NO8P/c1-6-8-10-12-14-16-18-20-22-24-26-28-30-32-34-36-38-39-40-41-42-43-44-45-47-49-51-53-55-57-59-61-63-65-67-69-71-73-75-77-84(87)93-82(81-92-94(88,89)91-79-78-85(3,4)5)80-90-83(86)76-74-72-70-68-66-64-62-60-58-56-54-52-50-48-46-37-35-33-31-29-27-25-23-21-19-17-15-13-11-9-7-2/h8,10,14,16,20,22,25-28,32,34,38-39,82H,6-7,9,11-13,15,17-19,21,23-24,29-31,33,35-37,40-81H2,1-5H3/b10-8-,16-14-,22-20-,27-25-,28-26-,34-32-,39-38-. The van der Waals surface area contributed by atoms with Crippen molar-refractivity contribution >= 4 is 19.8 Å². The van der Waals surface area contributed by atoms with Crippen LogP contribution < -0.4 is 4.89 Å². The summed E-state index contributed by atoms with van der Waals surface area (Å²) >= 11 is 0. The van der Waals surface area contributed by atoms with Gasteiger partial charge < -0.3 is 27.9 Å². The van der Waals surface area contributed by atoms with Crippen LogP contribution in [0.25, 0.3) is 0 Å². The van der Waals surface area contributed by atoms with Gasteiger partial charge >= 0.3 is 11.9 Å². The molecule has 0 fully saturated rings. The Morgan fingerprint density at radius 3 is 0.915 bits per heavy atom. The molecular formula is C84H154NO8P. The molecule has 94 heavy (non-hydrogen) atoms. The molecule has 0 rings (SSSR count). The van der Waals surface area contributed by atoms with Gasteiger partial charge in [0.1, 0.15) is 19.8 Å². The highest BCUT2D eigenvalue weighted by Crippen LogP contribution is 2.38. The summed E-state index contributed by atoms with van der Waals surface area (Å²) in [6.07, 6.45) is 103. The van der Waals surface area contributed by atoms with Crippen molar-refractivity contribution in [3.05, 3.63) is 85.1 Å². The molecule has 0 heterocycles. The maximum absolute atomic E-state index is 12.9. The minimum Gasteiger partial charge on any atom is -0.756 e. The molecule has 0 aliphatic heterocycles. The van der Waals surface area contributed by atoms with E-state index in [1.54, 1.807) is 0 Å². The van der Waals surface area contributed by atoms with E-state index in [0.717, 1.165) is 77.0 Å². The number of carbonyl (C=O) groups is 2. The fraction of sp³-hybridized carbons (Fsp3) is 0.810. The van der Waals surface area contributed by atoms with E-state index in [0.29, 0.717) is 17.4 Å². The number of phosphoric ester groups is 1. The summed E-state index contributed by atoms with van der Waals surface area (Å²) in [7, 11) is 1.18. The van der Waals surface area contributed by atoms with Gasteiger partial charge in [-0.15, -0.1) is 0 Å². The number of rotatable bonds is 75. The fourth-order valence-electron chi connectivity index (χ4n) is 11.8. The molecule has 0 aromatic rings. The van der Waals surface area contributed by atoms with E-state index in [2.05, 4.69) is 98.9 Å². The Hall–Kier alpha value is -2.81. The number of carbonyl (C=O) groups excluding carboxylic acids is 2. The second-order valence-corrected chi connectivity index (χ2v) is 29.8. The molecule has 0 N–H and O–H groups in total. The lowest BCUT2D eigenvalue weighted by molar-refractivity contribution is -0.870. The minimum absolute atomic E-state index is 0.0298. The molecule has 0 aromatic carbocycles. The zero-order chi connectivity index (χ0) is 68.3. The van der Waals surface area contributed by atoms with E-state index in [4.69, 9.17) is 18.5 Å². The summed E-state index contributed by atoms with van der Waals surface area (Å²) in [6, 6.07) is 0. The van der Waals surface area contributed by atoms with Crippen LogP contribution in [0.3, 0.4) is 0 Å². The van der Waals surface area contributed by atoms with Gasteiger partial charge in [0.2, 0.25) is 0 Å². The summed E-state index contributed by atoms with van der Waals surface area (Å²) in [6.45, 7) is 4.19. The number of esters is 2. The summed E-state index contributed by atoms with van der Waals surface area (Å²) in [5.74, 6) is -0.813. The smallest absolute Gasteiger partial charge is 0.306 e. The number of nitrogens with zero attached hydrogens (tertiary/aromatic N) is 1. The lowest BCUT2D eigenvalue weighted by atomic mass is 10.0. The van der Waals surface area contributed by atoms with Crippen LogP contribution in [0.5, 0.6) is 0 Å². The highest BCUT2D eigenvalue weighted by Gasteiger charge is 2.22. The summed E-state index contributed by atoms with van der Waals surface area (Å²) in [5, 5.41) is 0. The summed E-state index contributed by atoms with van der Waals surface area (Å²) in [4.78, 5) is 38.2. The van der Waals surface area contributed by atoms with Gasteiger partial charge in [-0.1, -0.05) is 369 Å². The Labute approximate surface area is 583 Å². The molecule has 0 spiro atoms. The third kappa shape index (κ3) is 78.2. The molecule has 2 unspecified atom stereocenters. The first-order valence-corrected chi connectivity index (χ1v) is 41.8. The van der Waals surface area contributed by atoms with E-state index in [1.807, 2.05) is 21.1 Å². The van der Waals surface area contributed by atoms with E-state index in [-0.39, 0.29) is 32.0 Å². The molecule has 0 saturated heterocycles. The molecule has 9 nitrogen and oxygen atoms in total. The van der Waals surface area contributed by atoms with Crippen molar-refractivity contribution in [3.63, 3.8) is 0 Å². The van der Waals surface area contributed by atoms with Gasteiger partial charge in [-0.25, -0.2) is 0 Å². The lowest BCUT2D eigenvalue weighted by Gasteiger charge is -2.28. The number of phosphoric acid groups is 1. The number of ether oxygens (including phenoxy) is 2. The fourth-order valence-corrected chi connectivity index (χ4v) is 12.5. The van der Waals surface area contributed by atoms with E-state index in [1.165, 1.54) is 276 Å². The van der Waals surface area contributed by atoms with Crippen molar-refractivity contribution < 1.29 is 42.1 Å². The molecule has 10 heteroatoms. The number of likely N-dealkylation sites (N-methyl/N-ethyl adjacent to an activating group) is 1. The molecule has 0 aliphatic rings. The number of hydrogen-bond acceptors (Lipinski definition) is 8. The zero-order valence-corrected chi connectivity index (χ0v) is 63.6. The second kappa shape index (κ2) is 74.4. The Kier molecular flexibility index (Phi) is 72.2. The average Bonchev–Trinajstić information content (AvgIpc) is 1.56. The SMILES string of the molecule is CC/C=C\C/C=C\C/C=C\C/C=C\C/C=C\C/C=C\CCCCCCCCCCCCCCCCCCCCCCC(=O)OC(COC(=O)CCCCCCCCCCCCCCCCCCCCC/C=C\CCCCCCCCCC)COP(=O)([O-])OCC[N+](C)(C)C. The van der Waals surface area contributed by atoms with E-state index < -0.39 is 26.5 Å². The maximum Gasteiger partial charge on any atom is 0.306 e. The number of quaternary nitrogens is 1. The van der Waals surface area contributed by atoms with Crippen LogP contribution in [0.2, 0.25) is 0 Å². The first-order valence-electron chi connectivity index (χ1n) is 40.3. The van der Waals surface area contributed by atoms with Crippen LogP contribution in [-0.4, -0.2) is 70.0 Å². The normalized spacial score (nSPS) is 13.5. The quantitative estimate of drug-likeness (QED) is 0.0195. The first-order chi connectivity index (χ1) is 46.0. The largest absolute Gasteiger partial charge is 0.756 e. The van der Waals surface area contributed by atoms with Crippen LogP contribution in [0, 0.1) is 0 Å². The summed E-state index contributed by atoms with van der Waals surface area (Å²) in [5.41, 5.74) is 0. The van der Waals surface area contributed by atoms with E-state index in [9.17, 15) is 19.0 Å². The van der Waals surface area contributed by atoms with Crippen LogP contribution in [-0.2, 0) is 32.7 Å². The topological polar surface area (TPSA) is 111 Å². The third-order valence-electron chi connectivity index (χ3n) is 17.9. The predicted molar refractivity (Wildman–Crippen MR) is 406 cm³/mol. The maximum atomic E-state index is 12.9. The number of hydrogen-bond donors (Lipinski definition) is 0. The van der Waals surface area contributed by atoms with Gasteiger partial charge in [-0.05, 0) is 89.9 Å². The Bertz CT molecular complexity index is 1860. The van der Waals surface area contributed by atoms with Crippen LogP contribution >= 0.6 is 7.82 Å². The highest BCUT2D eigenvalue weighted by molar-refractivity contribution is 7.45. The van der Waals surface area contributed by atoms with Crippen molar-refractivity contribution in [3.8, 4) is 0 Å². The molecule has 548 valence electrons. The van der Waals surface area contributed by atoms with E-state index >= 15 is 0 Å². The first kappa shape index (κ1) is 91.2. The van der Waals surface area contributed by atoms with Crippen LogP contribution in [0.15, 0.2) is 85.1 Å². The lowest BCUT2D eigenvalue weighted by Crippen LogP contribution is -2.37. The van der Waals surface area contributed by atoms with Crippen molar-refractivity contribution in [2.24, 2.45) is 0 Å². The summed E-state index contributed by atoms with van der Waals surface area (Å²) < 4.78 is 34.4. The van der Waals surface area contributed by atoms with Crippen LogP contribution in [0.1, 0.15) is 386 Å². The van der Waals surface area contributed by atoms with Gasteiger partial charge in [-0.3, -0.25) is 14.2 Å². The highest BCUT2D eigenvalue weighted by atomic mass is 31.2. The average molecular weight is 1340 g/mol. The molecule has 0 radical (unpaired) electrons. The van der Waals surface area contributed by atoms with Crippen LogP contribution in [0.4, 0.5) is 0 Å². The number of unbranched alkanes of at least 4 members (excludes halogenated alkanes) is 47. The zero-order valence-electron chi connectivity index (χ0n) is 62.7. The van der Waals surface area contributed by atoms with Gasteiger partial charge in [-0.2, -0.15) is 0 Å². The number of allylic oxidation sites excluding steroid dienone is 14. The molecule has 0 saturated carbocycles. The predicted octanol–water partition coefficient (Wildman–Crippen LogP) is 26.2. The monoisotopic (exact) mass is 1340 g/mol. The molecule has 2 atom stereocenters. The van der Waals surface area contributed by atoms with Crippen molar-refractivity contribution in [1.82, 2.24) is 0 Å². The van der Waals surface area contributed by atoms with Gasteiger partial charge in [0.15, 0.2) is 6.10 Å². The molecule has 0 amide bonds. The Balaban J connectivity index is 3.93. The van der Waals surface area contributed by atoms with Gasteiger partial charge in [0.05, 0.1) is 27.7 Å². The molecule has 0 aromatic heterocycles. The van der Waals surface area contributed by atoms with Gasteiger partial charge in [0.25, 0.3) is 7.82 Å². The Morgan fingerprint density at radius 2 is 0.606 bits per heavy atom. The molecule has 0 aliphatic carbocycles. The van der Waals surface area contributed by atoms with Crippen molar-refractivity contribution in [2.45, 2.75) is 392 Å². The Morgan fingerprint density at radius 1 is 0.340 bits per heavy atom. The van der Waals surface area contributed by atoms with Crippen molar-refractivity contribution in [2.75, 3.05) is 47.5 Å². The van der Waals surface area contributed by atoms with Crippen molar-refractivity contribution in [1.29, 1.82) is 0 Å². The second-order valence-electron chi connectivity index (χ2n) is 28.4. The minimum atomic E-state index is -4.65. The third-order valence-corrected chi connectivity index (χ3v) is 18.9. The van der Waals surface area contributed by atoms with Gasteiger partial charge in [0, 0.05) is 12.8 Å². The molecular weight excluding hydrogens is 1180 g/mol. The molecule has 0 bridgehead atoms.